The molecule has 0 aliphatic carbocycles. The minimum Gasteiger partial charge on any atom is -0.325 e. The normalized spacial score (nSPS) is 14.1. The second kappa shape index (κ2) is 9.60. The Balaban J connectivity index is 1.95. The Labute approximate surface area is 170 Å². The van der Waals surface area contributed by atoms with Gasteiger partial charge in [-0.1, -0.05) is 48.5 Å². The molecule has 0 spiro atoms. The molecular formula is C20H27ClNO3PS. The lowest BCUT2D eigenvalue weighted by Gasteiger charge is -2.24. The summed E-state index contributed by atoms with van der Waals surface area (Å²) >= 11 is 8.12. The Bertz CT molecular complexity index is 823. The highest BCUT2D eigenvalue weighted by Gasteiger charge is 2.28. The van der Waals surface area contributed by atoms with E-state index in [1.165, 1.54) is 10.5 Å². The number of nitrogens with two attached hydrogens (primary N) is 1. The number of aryl methyl sites for hydroxylation is 2. The van der Waals surface area contributed by atoms with Crippen molar-refractivity contribution in [1.29, 1.82) is 0 Å². The van der Waals surface area contributed by atoms with Gasteiger partial charge in [-0.3, -0.25) is 4.57 Å². The molecule has 2 aromatic rings. The Kier molecular flexibility index (Phi) is 7.99. The first kappa shape index (κ1) is 22.5. The van der Waals surface area contributed by atoms with Gasteiger partial charge < -0.3 is 15.5 Å². The van der Waals surface area contributed by atoms with Gasteiger partial charge in [-0.05, 0) is 68.0 Å². The van der Waals surface area contributed by atoms with E-state index in [-0.39, 0.29) is 6.16 Å². The van der Waals surface area contributed by atoms with Crippen LogP contribution in [0.5, 0.6) is 0 Å². The molecule has 4 N–H and O–H groups in total. The van der Waals surface area contributed by atoms with Crippen LogP contribution in [0.25, 0.3) is 0 Å². The Morgan fingerprint density at radius 2 is 1.89 bits per heavy atom. The quantitative estimate of drug-likeness (QED) is 0.474. The number of hydrogen-bond donors (Lipinski definition) is 3. The molecule has 0 amide bonds. The lowest BCUT2D eigenvalue weighted by Crippen LogP contribution is -2.40. The first-order valence-corrected chi connectivity index (χ1v) is 12.0. The van der Waals surface area contributed by atoms with Crippen LogP contribution in [-0.4, -0.2) is 21.5 Å². The fraction of sp³-hybridized carbons (Fsp3) is 0.400. The Morgan fingerprint density at radius 3 is 2.52 bits per heavy atom. The summed E-state index contributed by atoms with van der Waals surface area (Å²) in [6.45, 7) is 3.82. The molecule has 148 valence electrons. The molecular weight excluding hydrogens is 401 g/mol. The predicted octanol–water partition coefficient (Wildman–Crippen LogP) is 5.27. The first-order chi connectivity index (χ1) is 12.6. The van der Waals surface area contributed by atoms with Gasteiger partial charge in [0.1, 0.15) is 0 Å². The summed E-state index contributed by atoms with van der Waals surface area (Å²) in [5.41, 5.74) is 7.46. The van der Waals surface area contributed by atoms with Crippen LogP contribution < -0.4 is 5.73 Å². The number of rotatable bonds is 9. The van der Waals surface area contributed by atoms with E-state index in [4.69, 9.17) is 27.1 Å². The van der Waals surface area contributed by atoms with Crippen molar-refractivity contribution in [3.63, 3.8) is 0 Å². The first-order valence-electron chi connectivity index (χ1n) is 8.97. The van der Waals surface area contributed by atoms with E-state index >= 15 is 0 Å². The highest BCUT2D eigenvalue weighted by molar-refractivity contribution is 7.99. The molecule has 1 unspecified atom stereocenters. The van der Waals surface area contributed by atoms with Gasteiger partial charge in [-0.2, -0.15) is 0 Å². The molecule has 0 fully saturated rings. The molecule has 0 aromatic heterocycles. The maximum atomic E-state index is 11.2. The number of hydrogen-bond acceptors (Lipinski definition) is 3. The minimum absolute atomic E-state index is 0.305. The monoisotopic (exact) mass is 427 g/mol. The van der Waals surface area contributed by atoms with Crippen LogP contribution in [0.2, 0.25) is 5.02 Å². The fourth-order valence-corrected chi connectivity index (χ4v) is 5.37. The van der Waals surface area contributed by atoms with E-state index in [1.54, 1.807) is 18.7 Å². The minimum atomic E-state index is -4.11. The van der Waals surface area contributed by atoms with Crippen LogP contribution in [0.4, 0.5) is 0 Å². The standard InChI is InChI=1S/C20H27ClNO3PS/c1-3-15-6-4-8-17(12-15)27-18-10-9-16(19(21)13-18)7-5-11-20(2,22)14-26(23,24)25/h4,6,8-10,12-13H,3,5,7,11,14,22H2,1-2H3,(H2,23,24,25). The summed E-state index contributed by atoms with van der Waals surface area (Å²) in [7, 11) is -4.11. The van der Waals surface area contributed by atoms with Crippen molar-refractivity contribution in [2.75, 3.05) is 6.16 Å². The van der Waals surface area contributed by atoms with Crippen molar-refractivity contribution in [3.05, 3.63) is 58.6 Å². The molecule has 2 rings (SSSR count). The van der Waals surface area contributed by atoms with E-state index in [0.717, 1.165) is 29.7 Å². The second-order valence-electron chi connectivity index (χ2n) is 7.19. The molecule has 0 aliphatic rings. The third-order valence-corrected chi connectivity index (χ3v) is 6.79. The van der Waals surface area contributed by atoms with E-state index < -0.39 is 13.1 Å². The van der Waals surface area contributed by atoms with Gasteiger partial charge in [-0.15, -0.1) is 0 Å². The van der Waals surface area contributed by atoms with Crippen molar-refractivity contribution >= 4 is 31.0 Å². The van der Waals surface area contributed by atoms with Crippen molar-refractivity contribution in [1.82, 2.24) is 0 Å². The van der Waals surface area contributed by atoms with Gasteiger partial charge >= 0.3 is 7.60 Å². The molecule has 0 aliphatic heterocycles. The van der Waals surface area contributed by atoms with Crippen LogP contribution in [0.1, 0.15) is 37.8 Å². The zero-order valence-electron chi connectivity index (χ0n) is 15.7. The lowest BCUT2D eigenvalue weighted by atomic mass is 9.96. The molecule has 4 nitrogen and oxygen atoms in total. The summed E-state index contributed by atoms with van der Waals surface area (Å²) in [6.07, 6.45) is 2.67. The molecule has 0 bridgehead atoms. The van der Waals surface area contributed by atoms with Crippen molar-refractivity contribution in [2.45, 2.75) is 54.9 Å². The van der Waals surface area contributed by atoms with Gasteiger partial charge in [-0.25, -0.2) is 0 Å². The van der Waals surface area contributed by atoms with E-state index in [9.17, 15) is 4.57 Å². The van der Waals surface area contributed by atoms with E-state index in [0.29, 0.717) is 11.4 Å². The predicted molar refractivity (Wildman–Crippen MR) is 114 cm³/mol. The number of halogens is 1. The molecule has 0 heterocycles. The van der Waals surface area contributed by atoms with Crippen LogP contribution in [0.3, 0.4) is 0 Å². The van der Waals surface area contributed by atoms with Gasteiger partial charge in [0.05, 0.1) is 6.16 Å². The summed E-state index contributed by atoms with van der Waals surface area (Å²) in [5, 5.41) is 0.709. The molecule has 0 saturated carbocycles. The molecule has 0 radical (unpaired) electrons. The summed E-state index contributed by atoms with van der Waals surface area (Å²) < 4.78 is 11.2. The smallest absolute Gasteiger partial charge is 0.325 e. The zero-order chi connectivity index (χ0) is 20.1. The third kappa shape index (κ3) is 7.98. The molecule has 0 saturated heterocycles. The van der Waals surface area contributed by atoms with Gasteiger partial charge in [0.15, 0.2) is 0 Å². The Morgan fingerprint density at radius 1 is 1.19 bits per heavy atom. The van der Waals surface area contributed by atoms with Crippen molar-refractivity contribution in [3.8, 4) is 0 Å². The fourth-order valence-electron chi connectivity index (χ4n) is 2.99. The maximum Gasteiger partial charge on any atom is 0.327 e. The summed E-state index contributed by atoms with van der Waals surface area (Å²) in [5.74, 6) is 0. The topological polar surface area (TPSA) is 83.6 Å². The van der Waals surface area contributed by atoms with E-state index in [1.807, 2.05) is 12.1 Å². The SMILES string of the molecule is CCc1cccc(Sc2ccc(CCCC(C)(N)CP(=O)(O)O)c(Cl)c2)c1. The molecule has 27 heavy (non-hydrogen) atoms. The van der Waals surface area contributed by atoms with Crippen molar-refractivity contribution in [2.24, 2.45) is 5.73 Å². The second-order valence-corrected chi connectivity index (χ2v) is 10.4. The largest absolute Gasteiger partial charge is 0.327 e. The van der Waals surface area contributed by atoms with Gasteiger partial charge in [0.2, 0.25) is 0 Å². The number of benzene rings is 2. The third-order valence-electron chi connectivity index (χ3n) is 4.33. The van der Waals surface area contributed by atoms with Gasteiger partial charge in [0, 0.05) is 20.4 Å². The highest BCUT2D eigenvalue weighted by atomic mass is 35.5. The summed E-state index contributed by atoms with van der Waals surface area (Å²) in [4.78, 5) is 20.5. The highest BCUT2D eigenvalue weighted by Crippen LogP contribution is 2.39. The van der Waals surface area contributed by atoms with Crippen LogP contribution in [-0.2, 0) is 17.4 Å². The van der Waals surface area contributed by atoms with Gasteiger partial charge in [0.25, 0.3) is 0 Å². The maximum absolute atomic E-state index is 11.2. The van der Waals surface area contributed by atoms with Crippen LogP contribution in [0, 0.1) is 0 Å². The zero-order valence-corrected chi connectivity index (χ0v) is 18.2. The average Bonchev–Trinajstić information content (AvgIpc) is 2.54. The van der Waals surface area contributed by atoms with Crippen LogP contribution >= 0.6 is 31.0 Å². The van der Waals surface area contributed by atoms with Crippen LogP contribution in [0.15, 0.2) is 52.3 Å². The summed E-state index contributed by atoms with van der Waals surface area (Å²) in [6, 6.07) is 14.5. The van der Waals surface area contributed by atoms with E-state index in [2.05, 4.69) is 37.3 Å². The van der Waals surface area contributed by atoms with Crippen molar-refractivity contribution < 1.29 is 14.4 Å². The average molecular weight is 428 g/mol. The lowest BCUT2D eigenvalue weighted by molar-refractivity contribution is 0.348. The molecule has 2 aromatic carbocycles. The molecule has 7 heteroatoms. The Hall–Kier alpha value is -0.810. The molecule has 1 atom stereocenters.